The highest BCUT2D eigenvalue weighted by atomic mass is 15.2. The Morgan fingerprint density at radius 2 is 1.69 bits per heavy atom. The third-order valence-corrected chi connectivity index (χ3v) is 4.03. The lowest BCUT2D eigenvalue weighted by Crippen LogP contribution is -2.49. The zero-order valence-corrected chi connectivity index (χ0v) is 10.9. The summed E-state index contributed by atoms with van der Waals surface area (Å²) in [5, 5.41) is 3.80. The minimum atomic E-state index is 0.806. The van der Waals surface area contributed by atoms with Crippen LogP contribution in [0.15, 0.2) is 0 Å². The van der Waals surface area contributed by atoms with Gasteiger partial charge in [0.25, 0.3) is 0 Å². The van der Waals surface area contributed by atoms with E-state index in [0.717, 1.165) is 12.1 Å². The van der Waals surface area contributed by atoms with Crippen LogP contribution in [-0.2, 0) is 0 Å². The highest BCUT2D eigenvalue weighted by molar-refractivity contribution is 4.84. The van der Waals surface area contributed by atoms with E-state index >= 15 is 0 Å². The molecule has 1 saturated carbocycles. The molecule has 0 atom stereocenters. The molecular weight excluding hydrogens is 198 g/mol. The Hall–Kier alpha value is -0.120. The molecule has 0 unspecified atom stereocenters. The first-order valence-electron chi connectivity index (χ1n) is 6.87. The van der Waals surface area contributed by atoms with Crippen molar-refractivity contribution < 1.29 is 0 Å². The molecule has 1 heterocycles. The first kappa shape index (κ1) is 12.3. The van der Waals surface area contributed by atoms with Crippen LogP contribution in [0.4, 0.5) is 0 Å². The van der Waals surface area contributed by atoms with Crippen molar-refractivity contribution in [2.45, 2.75) is 44.2 Å². The maximum absolute atomic E-state index is 3.80. The van der Waals surface area contributed by atoms with Crippen molar-refractivity contribution in [3.05, 3.63) is 0 Å². The third-order valence-electron chi connectivity index (χ3n) is 4.03. The summed E-state index contributed by atoms with van der Waals surface area (Å²) in [6.07, 6.45) is 6.98. The van der Waals surface area contributed by atoms with Gasteiger partial charge in [-0.3, -0.25) is 0 Å². The second-order valence-electron chi connectivity index (χ2n) is 5.71. The molecule has 1 aliphatic carbocycles. The number of nitrogens with zero attached hydrogens (tertiary/aromatic N) is 2. The molecule has 16 heavy (non-hydrogen) atoms. The summed E-state index contributed by atoms with van der Waals surface area (Å²) in [6.45, 7) is 5.01. The van der Waals surface area contributed by atoms with Gasteiger partial charge in [-0.15, -0.1) is 0 Å². The molecule has 3 heteroatoms. The summed E-state index contributed by atoms with van der Waals surface area (Å²) in [5.41, 5.74) is 0. The molecule has 0 amide bonds. The molecule has 1 saturated heterocycles. The van der Waals surface area contributed by atoms with Crippen LogP contribution < -0.4 is 5.32 Å². The fourth-order valence-corrected chi connectivity index (χ4v) is 2.57. The molecule has 0 spiro atoms. The van der Waals surface area contributed by atoms with E-state index in [4.69, 9.17) is 0 Å². The zero-order chi connectivity index (χ0) is 11.4. The van der Waals surface area contributed by atoms with Crippen molar-refractivity contribution in [2.75, 3.05) is 40.3 Å². The number of likely N-dealkylation sites (tertiary alicyclic amines) is 1. The SMILES string of the molecule is CN(C)CCN1CCC(NC2CCC2)CC1. The maximum atomic E-state index is 3.80. The Kier molecular flexibility index (Phi) is 4.62. The highest BCUT2D eigenvalue weighted by Gasteiger charge is 2.24. The van der Waals surface area contributed by atoms with Gasteiger partial charge in [0.2, 0.25) is 0 Å². The van der Waals surface area contributed by atoms with E-state index < -0.39 is 0 Å². The van der Waals surface area contributed by atoms with E-state index in [1.54, 1.807) is 0 Å². The lowest BCUT2D eigenvalue weighted by Gasteiger charge is -2.37. The van der Waals surface area contributed by atoms with Gasteiger partial charge in [0.1, 0.15) is 0 Å². The molecule has 1 N–H and O–H groups in total. The second kappa shape index (κ2) is 5.99. The van der Waals surface area contributed by atoms with E-state index in [0.29, 0.717) is 0 Å². The largest absolute Gasteiger partial charge is 0.311 e. The Balaban J connectivity index is 1.58. The Morgan fingerprint density at radius 3 is 2.19 bits per heavy atom. The van der Waals surface area contributed by atoms with Crippen LogP contribution in [0.1, 0.15) is 32.1 Å². The van der Waals surface area contributed by atoms with E-state index in [1.807, 2.05) is 0 Å². The molecule has 2 fully saturated rings. The van der Waals surface area contributed by atoms with Crippen molar-refractivity contribution in [1.29, 1.82) is 0 Å². The molecule has 0 bridgehead atoms. The minimum Gasteiger partial charge on any atom is -0.311 e. The van der Waals surface area contributed by atoms with Gasteiger partial charge in [-0.1, -0.05) is 6.42 Å². The topological polar surface area (TPSA) is 18.5 Å². The average Bonchev–Trinajstić information content (AvgIpc) is 2.22. The first-order valence-corrected chi connectivity index (χ1v) is 6.87. The number of likely N-dealkylation sites (N-methyl/N-ethyl adjacent to an activating group) is 1. The summed E-state index contributed by atoms with van der Waals surface area (Å²) < 4.78 is 0. The van der Waals surface area contributed by atoms with Crippen LogP contribution >= 0.6 is 0 Å². The average molecular weight is 225 g/mol. The van der Waals surface area contributed by atoms with Gasteiger partial charge in [-0.2, -0.15) is 0 Å². The molecule has 0 radical (unpaired) electrons. The van der Waals surface area contributed by atoms with Crippen LogP contribution in [0.25, 0.3) is 0 Å². The van der Waals surface area contributed by atoms with E-state index in [-0.39, 0.29) is 0 Å². The molecule has 2 rings (SSSR count). The molecule has 3 nitrogen and oxygen atoms in total. The molecule has 0 aromatic rings. The van der Waals surface area contributed by atoms with E-state index in [2.05, 4.69) is 29.2 Å². The smallest absolute Gasteiger partial charge is 0.0109 e. The van der Waals surface area contributed by atoms with Gasteiger partial charge in [0.15, 0.2) is 0 Å². The van der Waals surface area contributed by atoms with Gasteiger partial charge in [0.05, 0.1) is 0 Å². The minimum absolute atomic E-state index is 0.806. The van der Waals surface area contributed by atoms with E-state index in [1.165, 1.54) is 58.3 Å². The Morgan fingerprint density at radius 1 is 1.06 bits per heavy atom. The van der Waals surface area contributed by atoms with Gasteiger partial charge < -0.3 is 15.1 Å². The summed E-state index contributed by atoms with van der Waals surface area (Å²) >= 11 is 0. The molecule has 1 aliphatic heterocycles. The predicted octanol–water partition coefficient (Wildman–Crippen LogP) is 1.15. The van der Waals surface area contributed by atoms with Gasteiger partial charge in [-0.25, -0.2) is 0 Å². The summed E-state index contributed by atoms with van der Waals surface area (Å²) in [5.74, 6) is 0. The fourth-order valence-electron chi connectivity index (χ4n) is 2.57. The van der Waals surface area contributed by atoms with Gasteiger partial charge >= 0.3 is 0 Å². The number of rotatable bonds is 5. The van der Waals surface area contributed by atoms with Crippen molar-refractivity contribution >= 4 is 0 Å². The quantitative estimate of drug-likeness (QED) is 0.757. The monoisotopic (exact) mass is 225 g/mol. The molecule has 2 aliphatic rings. The first-order chi connectivity index (χ1) is 7.74. The van der Waals surface area contributed by atoms with Crippen molar-refractivity contribution in [3.63, 3.8) is 0 Å². The lowest BCUT2D eigenvalue weighted by molar-refractivity contribution is 0.166. The highest BCUT2D eigenvalue weighted by Crippen LogP contribution is 2.21. The summed E-state index contributed by atoms with van der Waals surface area (Å²) in [6, 6.07) is 1.67. The molecule has 0 aromatic carbocycles. The molecular formula is C13H27N3. The summed E-state index contributed by atoms with van der Waals surface area (Å²) in [7, 11) is 4.32. The fraction of sp³-hybridized carbons (Fsp3) is 1.00. The number of hydrogen-bond acceptors (Lipinski definition) is 3. The third kappa shape index (κ3) is 3.72. The van der Waals surface area contributed by atoms with Crippen molar-refractivity contribution in [3.8, 4) is 0 Å². The second-order valence-corrected chi connectivity index (χ2v) is 5.71. The number of hydrogen-bond donors (Lipinski definition) is 1. The van der Waals surface area contributed by atoms with Gasteiger partial charge in [-0.05, 0) is 52.9 Å². The summed E-state index contributed by atoms with van der Waals surface area (Å²) in [4.78, 5) is 4.89. The normalized spacial score (nSPS) is 24.9. The maximum Gasteiger partial charge on any atom is 0.0109 e. The number of piperidine rings is 1. The molecule has 0 aromatic heterocycles. The van der Waals surface area contributed by atoms with Crippen LogP contribution in [0.5, 0.6) is 0 Å². The Bertz CT molecular complexity index is 193. The van der Waals surface area contributed by atoms with E-state index in [9.17, 15) is 0 Å². The Labute approximate surface area is 100 Å². The van der Waals surface area contributed by atoms with Gasteiger partial charge in [0, 0.05) is 25.2 Å². The molecule has 94 valence electrons. The van der Waals surface area contributed by atoms with Crippen LogP contribution in [0, 0.1) is 0 Å². The van der Waals surface area contributed by atoms with Crippen molar-refractivity contribution in [1.82, 2.24) is 15.1 Å². The lowest BCUT2D eigenvalue weighted by atomic mass is 9.91. The van der Waals surface area contributed by atoms with Crippen LogP contribution in [0.3, 0.4) is 0 Å². The number of nitrogens with one attached hydrogen (secondary N) is 1. The van der Waals surface area contributed by atoms with Crippen molar-refractivity contribution in [2.24, 2.45) is 0 Å². The van der Waals surface area contributed by atoms with Crippen LogP contribution in [0.2, 0.25) is 0 Å². The standard InChI is InChI=1S/C13H27N3/c1-15(2)10-11-16-8-6-13(7-9-16)14-12-4-3-5-12/h12-14H,3-11H2,1-2H3. The van der Waals surface area contributed by atoms with Crippen LogP contribution in [-0.4, -0.2) is 62.2 Å². The zero-order valence-electron chi connectivity index (χ0n) is 10.9. The predicted molar refractivity (Wildman–Crippen MR) is 68.8 cm³/mol.